The number of nitrogens with zero attached hydrogens (tertiary/aromatic N) is 4. The van der Waals surface area contributed by atoms with E-state index in [0.717, 1.165) is 11.3 Å². The molecule has 0 bridgehead atoms. The Morgan fingerprint density at radius 1 is 1.16 bits per heavy atom. The van der Waals surface area contributed by atoms with Gasteiger partial charge in [-0.25, -0.2) is 14.8 Å². The first-order valence-electron chi connectivity index (χ1n) is 8.63. The van der Waals surface area contributed by atoms with Crippen LogP contribution in [0.15, 0.2) is 56.5 Å². The van der Waals surface area contributed by atoms with E-state index in [1.165, 1.54) is 0 Å². The van der Waals surface area contributed by atoms with Crippen molar-refractivity contribution in [3.63, 3.8) is 0 Å². The summed E-state index contributed by atoms with van der Waals surface area (Å²) in [5.41, 5.74) is 1.83. The van der Waals surface area contributed by atoms with Crippen LogP contribution < -0.4 is 29.3 Å². The van der Waals surface area contributed by atoms with E-state index < -0.39 is 34.0 Å². The summed E-state index contributed by atoms with van der Waals surface area (Å²) >= 11 is 1.11. The van der Waals surface area contributed by atoms with Crippen LogP contribution >= 0.6 is 11.3 Å². The maximum atomic E-state index is 11.8. The number of azo groups is 1. The zero-order valence-electron chi connectivity index (χ0n) is 16.6. The van der Waals surface area contributed by atoms with Gasteiger partial charge in [-0.2, -0.15) is 18.6 Å². The van der Waals surface area contributed by atoms with Gasteiger partial charge in [0.1, 0.15) is 9.90 Å². The normalized spacial score (nSPS) is 16.7. The Balaban J connectivity index is 0.00000289. The average molecular weight is 465 g/mol. The number of hydrogen-bond acceptors (Lipinski definition) is 9. The maximum Gasteiger partial charge on any atom is 1.00 e. The third-order valence-electron chi connectivity index (χ3n) is 4.29. The molecule has 2 heterocycles. The van der Waals surface area contributed by atoms with Crippen molar-refractivity contribution in [2.45, 2.75) is 17.9 Å². The van der Waals surface area contributed by atoms with Gasteiger partial charge >= 0.3 is 24.9 Å². The number of imide groups is 1. The Kier molecular flexibility index (Phi) is 6.58. The minimum absolute atomic E-state index is 0. The van der Waals surface area contributed by atoms with Crippen LogP contribution in [-0.2, 0) is 14.9 Å². The fraction of sp³-hybridized carbons (Fsp3) is 0.111. The van der Waals surface area contributed by atoms with Crippen LogP contribution in [0.1, 0.15) is 5.56 Å². The SMILES string of the molecule is Cc1ccc2nc(-c3ccc(N=NC4C(=O)NC(=O)N=C4[O-])cc3)sc2c1S(=O)(=O)O.[Li+]. The Hall–Kier alpha value is -2.95. The van der Waals surface area contributed by atoms with Gasteiger partial charge in [0.05, 0.1) is 15.9 Å². The number of fused-ring (bicyclic) bond motifs is 1. The third kappa shape index (κ3) is 4.62. The van der Waals surface area contributed by atoms with Crippen molar-refractivity contribution in [2.75, 3.05) is 0 Å². The second-order valence-corrected chi connectivity index (χ2v) is 8.82. The molecule has 0 fully saturated rings. The van der Waals surface area contributed by atoms with Gasteiger partial charge in [-0.15, -0.1) is 11.3 Å². The van der Waals surface area contributed by atoms with Crippen LogP contribution in [0.25, 0.3) is 20.8 Å². The van der Waals surface area contributed by atoms with E-state index in [1.54, 1.807) is 43.3 Å². The number of amides is 3. The molecule has 1 atom stereocenters. The molecule has 14 heteroatoms. The Morgan fingerprint density at radius 3 is 2.47 bits per heavy atom. The first kappa shape index (κ1) is 23.7. The molecule has 4 rings (SSSR count). The van der Waals surface area contributed by atoms with E-state index in [1.807, 2.05) is 5.32 Å². The van der Waals surface area contributed by atoms with E-state index in [2.05, 4.69) is 20.2 Å². The Bertz CT molecular complexity index is 1400. The van der Waals surface area contributed by atoms with Crippen molar-refractivity contribution in [3.05, 3.63) is 42.0 Å². The molecular weight excluding hydrogens is 453 g/mol. The zero-order valence-corrected chi connectivity index (χ0v) is 18.3. The number of carbonyl (C=O) groups excluding carboxylic acids is 2. The van der Waals surface area contributed by atoms with Crippen LogP contribution in [0, 0.1) is 6.92 Å². The molecule has 11 nitrogen and oxygen atoms in total. The molecule has 2 N–H and O–H groups in total. The van der Waals surface area contributed by atoms with E-state index in [9.17, 15) is 27.7 Å². The number of thiazole rings is 1. The van der Waals surface area contributed by atoms with E-state index in [4.69, 9.17) is 0 Å². The molecule has 158 valence electrons. The molecule has 0 radical (unpaired) electrons. The van der Waals surface area contributed by atoms with Crippen molar-refractivity contribution in [1.82, 2.24) is 10.3 Å². The van der Waals surface area contributed by atoms with Crippen molar-refractivity contribution in [1.29, 1.82) is 0 Å². The van der Waals surface area contributed by atoms with Crippen molar-refractivity contribution in [3.8, 4) is 10.6 Å². The summed E-state index contributed by atoms with van der Waals surface area (Å²) in [5, 5.41) is 21.5. The summed E-state index contributed by atoms with van der Waals surface area (Å²) < 4.78 is 33.4. The number of urea groups is 1. The van der Waals surface area contributed by atoms with Gasteiger partial charge in [-0.1, -0.05) is 6.07 Å². The summed E-state index contributed by atoms with van der Waals surface area (Å²) in [5.74, 6) is -1.89. The number of nitrogens with one attached hydrogen (secondary N) is 1. The molecule has 1 aromatic heterocycles. The molecule has 0 spiro atoms. The number of aryl methyl sites for hydroxylation is 1. The molecule has 3 aromatic rings. The van der Waals surface area contributed by atoms with Crippen molar-refractivity contribution < 1.29 is 46.5 Å². The second-order valence-electron chi connectivity index (χ2n) is 6.46. The van der Waals surface area contributed by atoms with E-state index in [-0.39, 0.29) is 23.8 Å². The zero-order chi connectivity index (χ0) is 22.3. The number of aliphatic imine (C=N–C) groups is 1. The monoisotopic (exact) mass is 465 g/mol. The van der Waals surface area contributed by atoms with Crippen LogP contribution in [0.2, 0.25) is 0 Å². The van der Waals surface area contributed by atoms with Gasteiger partial charge in [0.15, 0.2) is 6.04 Å². The van der Waals surface area contributed by atoms with Gasteiger partial charge in [0.25, 0.3) is 16.0 Å². The summed E-state index contributed by atoms with van der Waals surface area (Å²) in [4.78, 5) is 30.0. The quantitative estimate of drug-likeness (QED) is 0.282. The number of hydrogen-bond donors (Lipinski definition) is 2. The van der Waals surface area contributed by atoms with E-state index >= 15 is 0 Å². The number of carbonyl (C=O) groups is 2. The van der Waals surface area contributed by atoms with Crippen molar-refractivity contribution in [2.24, 2.45) is 15.2 Å². The summed E-state index contributed by atoms with van der Waals surface area (Å²) in [6.45, 7) is 1.59. The van der Waals surface area contributed by atoms with Gasteiger partial charge in [-0.3, -0.25) is 14.7 Å². The number of aromatic nitrogens is 1. The second kappa shape index (κ2) is 8.89. The van der Waals surface area contributed by atoms with Gasteiger partial charge in [0.2, 0.25) is 0 Å². The summed E-state index contributed by atoms with van der Waals surface area (Å²) in [6, 6.07) is 7.12. The fourth-order valence-electron chi connectivity index (χ4n) is 2.88. The molecule has 0 saturated carbocycles. The fourth-order valence-corrected chi connectivity index (χ4v) is 5.20. The van der Waals surface area contributed by atoms with Crippen LogP contribution in [0.4, 0.5) is 10.5 Å². The minimum Gasteiger partial charge on any atom is -0.860 e. The maximum absolute atomic E-state index is 11.8. The molecule has 0 aliphatic carbocycles. The Labute approximate surface area is 197 Å². The van der Waals surface area contributed by atoms with E-state index in [0.29, 0.717) is 32.0 Å². The van der Waals surface area contributed by atoms with Crippen molar-refractivity contribution >= 4 is 55.2 Å². The van der Waals surface area contributed by atoms with Crippen LogP contribution in [0.5, 0.6) is 0 Å². The molecule has 0 saturated heterocycles. The molecule has 2 aromatic carbocycles. The third-order valence-corrected chi connectivity index (χ3v) is 6.60. The minimum atomic E-state index is -4.41. The molecule has 1 aliphatic heterocycles. The Morgan fingerprint density at radius 2 is 1.84 bits per heavy atom. The van der Waals surface area contributed by atoms with Crippen LogP contribution in [0.3, 0.4) is 0 Å². The predicted octanol–water partition coefficient (Wildman–Crippen LogP) is -1.02. The summed E-state index contributed by atoms with van der Waals surface area (Å²) in [6.07, 6.45) is 0. The van der Waals surface area contributed by atoms with Gasteiger partial charge < -0.3 is 5.11 Å². The standard InChI is InChI=1S/C18H13N5O6S2.Li/c1-8-2-7-11-13(14(8)31(27,28)29)30-17(19-11)9-3-5-10(6-4-9)22-23-12-15(24)20-18(26)21-16(12)25;/h2-7,12H,1H3,(H,27,28,29)(H2,20,21,24,25,26);/q;+1/p-1. The first-order chi connectivity index (χ1) is 14.6. The van der Waals surface area contributed by atoms with Gasteiger partial charge in [0, 0.05) is 11.5 Å². The smallest absolute Gasteiger partial charge is 0.860 e. The molecule has 3 amide bonds. The largest absolute Gasteiger partial charge is 1.00 e. The average Bonchev–Trinajstić information content (AvgIpc) is 3.10. The molecular formula is C18H12LiN5O6S2. The predicted molar refractivity (Wildman–Crippen MR) is 109 cm³/mol. The van der Waals surface area contributed by atoms with Gasteiger partial charge in [-0.05, 0) is 42.8 Å². The molecule has 1 unspecified atom stereocenters. The molecule has 32 heavy (non-hydrogen) atoms. The molecule has 1 aliphatic rings. The topological polar surface area (TPSA) is 174 Å². The first-order valence-corrected chi connectivity index (χ1v) is 10.9. The number of rotatable bonds is 4. The summed E-state index contributed by atoms with van der Waals surface area (Å²) in [7, 11) is -4.41. The van der Waals surface area contributed by atoms with Crippen LogP contribution in [-0.4, -0.2) is 41.8 Å². The number of benzene rings is 2.